The van der Waals surface area contributed by atoms with Crippen LogP contribution >= 0.6 is 0 Å². The molecule has 1 amide bonds. The van der Waals surface area contributed by atoms with Crippen LogP contribution in [-0.2, 0) is 11.2 Å². The summed E-state index contributed by atoms with van der Waals surface area (Å²) in [6.45, 7) is 6.95. The number of carbonyl (C=O) groups is 1. The molecule has 0 saturated heterocycles. The summed E-state index contributed by atoms with van der Waals surface area (Å²) in [5.41, 5.74) is 2.06. The largest absolute Gasteiger partial charge is 0.508 e. The predicted molar refractivity (Wildman–Crippen MR) is 90.6 cm³/mol. The number of nitrogens with one attached hydrogen (secondary N) is 2. The summed E-state index contributed by atoms with van der Waals surface area (Å²) in [6, 6.07) is 5.92. The summed E-state index contributed by atoms with van der Waals surface area (Å²) in [5.74, 6) is 0.323. The van der Waals surface area contributed by atoms with Gasteiger partial charge in [0.05, 0.1) is 0 Å². The van der Waals surface area contributed by atoms with Crippen molar-refractivity contribution in [2.24, 2.45) is 0 Å². The first kappa shape index (κ1) is 17.6. The first-order valence-corrected chi connectivity index (χ1v) is 8.37. The Morgan fingerprint density at radius 1 is 1.35 bits per heavy atom. The van der Waals surface area contributed by atoms with Crippen molar-refractivity contribution in [2.75, 3.05) is 13.1 Å². The van der Waals surface area contributed by atoms with Crippen molar-refractivity contribution < 1.29 is 14.6 Å². The number of rotatable bonds is 5. The maximum Gasteiger partial charge on any atom is 0.407 e. The highest BCUT2D eigenvalue weighted by Crippen LogP contribution is 2.31. The summed E-state index contributed by atoms with van der Waals surface area (Å²) < 4.78 is 5.20. The topological polar surface area (TPSA) is 70.6 Å². The van der Waals surface area contributed by atoms with E-state index in [0.29, 0.717) is 12.3 Å². The number of benzene rings is 1. The molecule has 0 bridgehead atoms. The molecule has 0 radical (unpaired) electrons. The molecule has 1 aromatic rings. The van der Waals surface area contributed by atoms with E-state index in [0.717, 1.165) is 32.2 Å². The fourth-order valence-corrected chi connectivity index (χ4v) is 2.87. The van der Waals surface area contributed by atoms with E-state index in [1.54, 1.807) is 6.07 Å². The molecule has 0 aromatic heterocycles. The number of phenols is 1. The number of aromatic hydroxyl groups is 1. The molecule has 23 heavy (non-hydrogen) atoms. The zero-order chi connectivity index (χ0) is 16.9. The summed E-state index contributed by atoms with van der Waals surface area (Å²) in [7, 11) is 0. The quantitative estimate of drug-likeness (QED) is 0.728. The number of phenolic OH excluding ortho intramolecular Hbond substituents is 1. The number of amides is 1. The Morgan fingerprint density at radius 2 is 2.13 bits per heavy atom. The van der Waals surface area contributed by atoms with Gasteiger partial charge in [0.15, 0.2) is 0 Å². The Morgan fingerprint density at radius 3 is 2.87 bits per heavy atom. The number of hydrogen-bond donors (Lipinski definition) is 3. The molecule has 1 atom stereocenters. The molecule has 0 heterocycles. The minimum absolute atomic E-state index is 0.285. The van der Waals surface area contributed by atoms with Crippen molar-refractivity contribution >= 4 is 6.09 Å². The molecule has 1 unspecified atom stereocenters. The van der Waals surface area contributed by atoms with Crippen molar-refractivity contribution in [3.05, 3.63) is 29.3 Å². The molecule has 128 valence electrons. The van der Waals surface area contributed by atoms with Gasteiger partial charge in [-0.15, -0.1) is 0 Å². The Bertz CT molecular complexity index is 538. The average molecular weight is 320 g/mol. The normalized spacial score (nSPS) is 17.4. The first-order valence-electron chi connectivity index (χ1n) is 8.37. The first-order chi connectivity index (χ1) is 10.8. The summed E-state index contributed by atoms with van der Waals surface area (Å²) in [4.78, 5) is 11.5. The molecule has 0 spiro atoms. The second-order valence-electron chi connectivity index (χ2n) is 7.06. The van der Waals surface area contributed by atoms with Crippen LogP contribution in [0.4, 0.5) is 4.79 Å². The van der Waals surface area contributed by atoms with Gasteiger partial charge in [0.1, 0.15) is 11.4 Å². The molecular weight excluding hydrogens is 292 g/mol. The summed E-state index contributed by atoms with van der Waals surface area (Å²) >= 11 is 0. The lowest BCUT2D eigenvalue weighted by molar-refractivity contribution is 0.0527. The lowest BCUT2D eigenvalue weighted by Gasteiger charge is -2.26. The Kier molecular flexibility index (Phi) is 5.88. The molecule has 1 aliphatic carbocycles. The molecule has 0 aliphatic heterocycles. The number of alkyl carbamates (subject to hydrolysis) is 1. The van der Waals surface area contributed by atoms with Gasteiger partial charge in [-0.3, -0.25) is 0 Å². The van der Waals surface area contributed by atoms with Gasteiger partial charge in [-0.25, -0.2) is 4.79 Å². The third kappa shape index (κ3) is 5.75. The van der Waals surface area contributed by atoms with Crippen molar-refractivity contribution in [2.45, 2.75) is 58.1 Å². The fraction of sp³-hybridized carbons (Fsp3) is 0.611. The van der Waals surface area contributed by atoms with Crippen molar-refractivity contribution in [1.29, 1.82) is 0 Å². The molecule has 2 rings (SSSR count). The van der Waals surface area contributed by atoms with Crippen LogP contribution in [0.3, 0.4) is 0 Å². The van der Waals surface area contributed by atoms with Crippen molar-refractivity contribution in [1.82, 2.24) is 10.6 Å². The van der Waals surface area contributed by atoms with E-state index in [1.165, 1.54) is 11.1 Å². The molecule has 1 aliphatic rings. The van der Waals surface area contributed by atoms with Crippen LogP contribution in [-0.4, -0.2) is 29.9 Å². The zero-order valence-electron chi connectivity index (χ0n) is 14.3. The smallest absolute Gasteiger partial charge is 0.407 e. The van der Waals surface area contributed by atoms with Gasteiger partial charge in [0.25, 0.3) is 0 Å². The molecular formula is C18H28N2O3. The van der Waals surface area contributed by atoms with Crippen LogP contribution in [0.25, 0.3) is 0 Å². The van der Waals surface area contributed by atoms with Crippen LogP contribution in [0, 0.1) is 0 Å². The number of fused-ring (bicyclic) bond motifs is 1. The standard InChI is InChI=1S/C18H28N2O3/c1-18(2,3)23-17(22)20-11-5-10-19-16-7-4-6-13-8-9-14(21)12-15(13)16/h8-9,12,16,19,21H,4-7,10-11H2,1-3H3,(H,20,22). The van der Waals surface area contributed by atoms with Gasteiger partial charge in [-0.1, -0.05) is 6.07 Å². The van der Waals surface area contributed by atoms with Crippen molar-refractivity contribution in [3.63, 3.8) is 0 Å². The number of hydrogen-bond acceptors (Lipinski definition) is 4. The van der Waals surface area contributed by atoms with Crippen LogP contribution in [0.15, 0.2) is 18.2 Å². The summed E-state index contributed by atoms with van der Waals surface area (Å²) in [5, 5.41) is 16.0. The van der Waals surface area contributed by atoms with Gasteiger partial charge < -0.3 is 20.5 Å². The third-order valence-electron chi connectivity index (χ3n) is 3.86. The van der Waals surface area contributed by atoms with E-state index in [-0.39, 0.29) is 12.1 Å². The maximum atomic E-state index is 11.5. The van der Waals surface area contributed by atoms with Gasteiger partial charge in [0, 0.05) is 12.6 Å². The van der Waals surface area contributed by atoms with Crippen LogP contribution in [0.5, 0.6) is 5.75 Å². The van der Waals surface area contributed by atoms with Gasteiger partial charge >= 0.3 is 6.09 Å². The molecule has 0 fully saturated rings. The maximum absolute atomic E-state index is 11.5. The average Bonchev–Trinajstić information content (AvgIpc) is 2.45. The third-order valence-corrected chi connectivity index (χ3v) is 3.86. The predicted octanol–water partition coefficient (Wildman–Crippen LogP) is 3.27. The lowest BCUT2D eigenvalue weighted by Crippen LogP contribution is -2.34. The zero-order valence-corrected chi connectivity index (χ0v) is 14.3. The lowest BCUT2D eigenvalue weighted by atomic mass is 9.87. The molecule has 5 nitrogen and oxygen atoms in total. The summed E-state index contributed by atoms with van der Waals surface area (Å²) in [6.07, 6.45) is 3.78. The van der Waals surface area contributed by atoms with E-state index in [4.69, 9.17) is 4.74 Å². The Labute approximate surface area is 138 Å². The molecule has 5 heteroatoms. The minimum Gasteiger partial charge on any atom is -0.508 e. The Hall–Kier alpha value is -1.75. The van der Waals surface area contributed by atoms with E-state index in [1.807, 2.05) is 32.9 Å². The van der Waals surface area contributed by atoms with Crippen LogP contribution in [0.1, 0.15) is 57.2 Å². The van der Waals surface area contributed by atoms with E-state index >= 15 is 0 Å². The highest BCUT2D eigenvalue weighted by molar-refractivity contribution is 5.67. The Balaban J connectivity index is 1.72. The fourth-order valence-electron chi connectivity index (χ4n) is 2.87. The highest BCUT2D eigenvalue weighted by Gasteiger charge is 2.20. The molecule has 3 N–H and O–H groups in total. The van der Waals surface area contributed by atoms with Crippen LogP contribution < -0.4 is 10.6 Å². The SMILES string of the molecule is CC(C)(C)OC(=O)NCCCNC1CCCc2ccc(O)cc21. The van der Waals surface area contributed by atoms with E-state index < -0.39 is 5.60 Å². The number of ether oxygens (including phenoxy) is 1. The van der Waals surface area contributed by atoms with Gasteiger partial charge in [0.2, 0.25) is 0 Å². The van der Waals surface area contributed by atoms with E-state index in [9.17, 15) is 9.90 Å². The minimum atomic E-state index is -0.462. The van der Waals surface area contributed by atoms with E-state index in [2.05, 4.69) is 10.6 Å². The van der Waals surface area contributed by atoms with Gasteiger partial charge in [-0.05, 0) is 76.3 Å². The molecule has 1 aromatic carbocycles. The number of aryl methyl sites for hydroxylation is 1. The second kappa shape index (κ2) is 7.68. The highest BCUT2D eigenvalue weighted by atomic mass is 16.6. The van der Waals surface area contributed by atoms with Crippen LogP contribution in [0.2, 0.25) is 0 Å². The monoisotopic (exact) mass is 320 g/mol. The second-order valence-corrected chi connectivity index (χ2v) is 7.06. The van der Waals surface area contributed by atoms with Crippen molar-refractivity contribution in [3.8, 4) is 5.75 Å². The molecule has 0 saturated carbocycles. The van der Waals surface area contributed by atoms with Gasteiger partial charge in [-0.2, -0.15) is 0 Å². The number of carbonyl (C=O) groups excluding carboxylic acids is 1.